The van der Waals surface area contributed by atoms with Gasteiger partial charge >= 0.3 is 0 Å². The largest absolute Gasteiger partial charge is 0.341 e. The summed E-state index contributed by atoms with van der Waals surface area (Å²) in [5.74, 6) is 0. The standard InChI is InChI=1S/C17H16N2/c1-13-7-8-17-15(10-13)5-3-9-19(17)16-6-2-4-14(11-16)12-18/h2,4,6-8,10-11H,3,5,9H2,1H3. The van der Waals surface area contributed by atoms with Crippen LogP contribution in [0.4, 0.5) is 11.4 Å². The highest BCUT2D eigenvalue weighted by Gasteiger charge is 2.18. The van der Waals surface area contributed by atoms with Crippen molar-refractivity contribution in [3.8, 4) is 6.07 Å². The number of nitrogens with zero attached hydrogens (tertiary/aromatic N) is 2. The maximum absolute atomic E-state index is 9.02. The van der Waals surface area contributed by atoms with Crippen molar-refractivity contribution in [1.29, 1.82) is 5.26 Å². The third kappa shape index (κ3) is 2.20. The van der Waals surface area contributed by atoms with Crippen molar-refractivity contribution < 1.29 is 0 Å². The first-order valence-corrected chi connectivity index (χ1v) is 6.65. The molecule has 0 saturated carbocycles. The molecule has 1 heterocycles. The van der Waals surface area contributed by atoms with Crippen molar-refractivity contribution in [2.75, 3.05) is 11.4 Å². The van der Waals surface area contributed by atoms with Gasteiger partial charge in [0, 0.05) is 17.9 Å². The average molecular weight is 248 g/mol. The normalized spacial score (nSPS) is 13.8. The van der Waals surface area contributed by atoms with Crippen LogP contribution in [0.5, 0.6) is 0 Å². The topological polar surface area (TPSA) is 27.0 Å². The molecule has 3 rings (SSSR count). The summed E-state index contributed by atoms with van der Waals surface area (Å²) in [6.07, 6.45) is 2.30. The number of benzene rings is 2. The summed E-state index contributed by atoms with van der Waals surface area (Å²) in [4.78, 5) is 2.32. The zero-order chi connectivity index (χ0) is 13.2. The lowest BCUT2D eigenvalue weighted by Gasteiger charge is -2.31. The van der Waals surface area contributed by atoms with Crippen molar-refractivity contribution in [2.24, 2.45) is 0 Å². The lowest BCUT2D eigenvalue weighted by Crippen LogP contribution is -2.24. The fraction of sp³-hybridized carbons (Fsp3) is 0.235. The van der Waals surface area contributed by atoms with E-state index in [9.17, 15) is 0 Å². The summed E-state index contributed by atoms with van der Waals surface area (Å²) in [5.41, 5.74) is 5.84. The fourth-order valence-electron chi connectivity index (χ4n) is 2.74. The Morgan fingerprint density at radius 1 is 1.16 bits per heavy atom. The number of hydrogen-bond donors (Lipinski definition) is 0. The van der Waals surface area contributed by atoms with Crippen molar-refractivity contribution >= 4 is 11.4 Å². The fourth-order valence-corrected chi connectivity index (χ4v) is 2.74. The van der Waals surface area contributed by atoms with E-state index in [4.69, 9.17) is 5.26 Å². The summed E-state index contributed by atoms with van der Waals surface area (Å²) >= 11 is 0. The van der Waals surface area contributed by atoms with E-state index in [2.05, 4.69) is 42.2 Å². The molecule has 0 aliphatic carbocycles. The molecule has 2 nitrogen and oxygen atoms in total. The van der Waals surface area contributed by atoms with E-state index in [1.807, 2.05) is 18.2 Å². The van der Waals surface area contributed by atoms with Crippen LogP contribution in [0.2, 0.25) is 0 Å². The number of anilines is 2. The van der Waals surface area contributed by atoms with E-state index < -0.39 is 0 Å². The summed E-state index contributed by atoms with van der Waals surface area (Å²) in [7, 11) is 0. The Kier molecular flexibility index (Phi) is 2.97. The van der Waals surface area contributed by atoms with Crippen LogP contribution in [0.3, 0.4) is 0 Å². The lowest BCUT2D eigenvalue weighted by molar-refractivity contribution is 0.766. The van der Waals surface area contributed by atoms with E-state index in [1.165, 1.54) is 16.8 Å². The Balaban J connectivity index is 2.06. The number of nitriles is 1. The second kappa shape index (κ2) is 4.78. The molecule has 2 aromatic rings. The molecule has 0 amide bonds. The van der Waals surface area contributed by atoms with Gasteiger partial charge in [-0.05, 0) is 49.6 Å². The monoisotopic (exact) mass is 248 g/mol. The molecular weight excluding hydrogens is 232 g/mol. The van der Waals surface area contributed by atoms with Gasteiger partial charge in [0.25, 0.3) is 0 Å². The first-order chi connectivity index (χ1) is 9.28. The summed E-state index contributed by atoms with van der Waals surface area (Å²) < 4.78 is 0. The Labute approximate surface area is 113 Å². The molecule has 19 heavy (non-hydrogen) atoms. The SMILES string of the molecule is Cc1ccc2c(c1)CCCN2c1cccc(C#N)c1. The quantitative estimate of drug-likeness (QED) is 0.764. The van der Waals surface area contributed by atoms with Gasteiger partial charge in [0.15, 0.2) is 0 Å². The third-order valence-corrected chi connectivity index (χ3v) is 3.64. The van der Waals surface area contributed by atoms with Gasteiger partial charge in [-0.2, -0.15) is 5.26 Å². The van der Waals surface area contributed by atoms with Gasteiger partial charge < -0.3 is 4.90 Å². The van der Waals surface area contributed by atoms with Crippen LogP contribution < -0.4 is 4.90 Å². The summed E-state index contributed by atoms with van der Waals surface area (Å²) in [6.45, 7) is 3.15. The molecular formula is C17H16N2. The highest BCUT2D eigenvalue weighted by atomic mass is 15.1. The van der Waals surface area contributed by atoms with Gasteiger partial charge in [0.2, 0.25) is 0 Å². The van der Waals surface area contributed by atoms with Crippen LogP contribution in [-0.2, 0) is 6.42 Å². The minimum absolute atomic E-state index is 0.719. The first-order valence-electron chi connectivity index (χ1n) is 6.65. The smallest absolute Gasteiger partial charge is 0.0992 e. The molecule has 2 aromatic carbocycles. The Hall–Kier alpha value is -2.27. The second-order valence-corrected chi connectivity index (χ2v) is 5.05. The van der Waals surface area contributed by atoms with Crippen LogP contribution in [0.1, 0.15) is 23.1 Å². The molecule has 1 aliphatic heterocycles. The zero-order valence-electron chi connectivity index (χ0n) is 11.1. The molecule has 0 spiro atoms. The molecule has 0 N–H and O–H groups in total. The number of aryl methyl sites for hydroxylation is 2. The van der Waals surface area contributed by atoms with E-state index in [0.717, 1.165) is 30.6 Å². The number of hydrogen-bond acceptors (Lipinski definition) is 2. The number of fused-ring (bicyclic) bond motifs is 1. The molecule has 0 fully saturated rings. The van der Waals surface area contributed by atoms with Gasteiger partial charge in [0.1, 0.15) is 0 Å². The van der Waals surface area contributed by atoms with Crippen molar-refractivity contribution in [2.45, 2.75) is 19.8 Å². The van der Waals surface area contributed by atoms with E-state index in [1.54, 1.807) is 0 Å². The molecule has 0 atom stereocenters. The van der Waals surface area contributed by atoms with Crippen LogP contribution in [-0.4, -0.2) is 6.54 Å². The van der Waals surface area contributed by atoms with E-state index in [-0.39, 0.29) is 0 Å². The summed E-state index contributed by atoms with van der Waals surface area (Å²) in [5, 5.41) is 9.02. The van der Waals surface area contributed by atoms with Gasteiger partial charge in [-0.15, -0.1) is 0 Å². The van der Waals surface area contributed by atoms with Gasteiger partial charge in [-0.25, -0.2) is 0 Å². The highest BCUT2D eigenvalue weighted by Crippen LogP contribution is 2.34. The number of rotatable bonds is 1. The van der Waals surface area contributed by atoms with Crippen LogP contribution >= 0.6 is 0 Å². The molecule has 0 saturated heterocycles. The van der Waals surface area contributed by atoms with E-state index in [0.29, 0.717) is 0 Å². The highest BCUT2D eigenvalue weighted by molar-refractivity contribution is 5.69. The molecule has 94 valence electrons. The Bertz CT molecular complexity index is 653. The maximum Gasteiger partial charge on any atom is 0.0992 e. The molecule has 0 unspecified atom stereocenters. The van der Waals surface area contributed by atoms with Crippen molar-refractivity contribution in [3.63, 3.8) is 0 Å². The predicted octanol–water partition coefficient (Wildman–Crippen LogP) is 3.95. The molecule has 1 aliphatic rings. The van der Waals surface area contributed by atoms with E-state index >= 15 is 0 Å². The molecule has 0 bridgehead atoms. The van der Waals surface area contributed by atoms with Crippen LogP contribution in [0, 0.1) is 18.3 Å². The van der Waals surface area contributed by atoms with Gasteiger partial charge in [-0.3, -0.25) is 0 Å². The predicted molar refractivity (Wildman–Crippen MR) is 77.7 cm³/mol. The average Bonchev–Trinajstić information content (AvgIpc) is 2.46. The van der Waals surface area contributed by atoms with Crippen molar-refractivity contribution in [1.82, 2.24) is 0 Å². The zero-order valence-corrected chi connectivity index (χ0v) is 11.1. The maximum atomic E-state index is 9.02. The molecule has 0 radical (unpaired) electrons. The first kappa shape index (κ1) is 11.8. The van der Waals surface area contributed by atoms with Crippen molar-refractivity contribution in [3.05, 3.63) is 59.2 Å². The second-order valence-electron chi connectivity index (χ2n) is 5.05. The minimum atomic E-state index is 0.719. The van der Waals surface area contributed by atoms with Gasteiger partial charge in [0.05, 0.1) is 11.6 Å². The molecule has 0 aromatic heterocycles. The Morgan fingerprint density at radius 2 is 2.05 bits per heavy atom. The molecule has 2 heteroatoms. The Morgan fingerprint density at radius 3 is 2.89 bits per heavy atom. The van der Waals surface area contributed by atoms with Gasteiger partial charge in [-0.1, -0.05) is 23.8 Å². The lowest BCUT2D eigenvalue weighted by atomic mass is 9.99. The third-order valence-electron chi connectivity index (χ3n) is 3.64. The summed E-state index contributed by atoms with van der Waals surface area (Å²) in [6, 6.07) is 16.7. The van der Waals surface area contributed by atoms with Crippen LogP contribution in [0.25, 0.3) is 0 Å². The minimum Gasteiger partial charge on any atom is -0.341 e. The van der Waals surface area contributed by atoms with Crippen LogP contribution in [0.15, 0.2) is 42.5 Å².